The summed E-state index contributed by atoms with van der Waals surface area (Å²) in [6.45, 7) is 0. The van der Waals surface area contributed by atoms with Crippen molar-refractivity contribution >= 4 is 27.0 Å². The highest BCUT2D eigenvalue weighted by Crippen LogP contribution is 2.32. The minimum absolute atomic E-state index is 0.136. The number of aromatic nitrogens is 2. The minimum atomic E-state index is -3.75. The molecule has 3 rings (SSSR count). The van der Waals surface area contributed by atoms with Gasteiger partial charge in [0.25, 0.3) is 15.6 Å². The van der Waals surface area contributed by atoms with E-state index >= 15 is 0 Å². The Kier molecular flexibility index (Phi) is 4.36. The first-order valence-corrected chi connectivity index (χ1v) is 9.11. The number of ether oxygens (including phenoxy) is 1. The van der Waals surface area contributed by atoms with Gasteiger partial charge in [0.15, 0.2) is 0 Å². The zero-order valence-electron chi connectivity index (χ0n) is 12.5. The van der Waals surface area contributed by atoms with Crippen molar-refractivity contribution in [2.75, 3.05) is 11.8 Å². The molecular formula is C15H13N3O4S2. The van der Waals surface area contributed by atoms with Crippen LogP contribution in [0.2, 0.25) is 0 Å². The largest absolute Gasteiger partial charge is 0.495 e. The first kappa shape index (κ1) is 16.2. The van der Waals surface area contributed by atoms with E-state index in [4.69, 9.17) is 4.74 Å². The average molecular weight is 363 g/mol. The Morgan fingerprint density at radius 2 is 1.92 bits per heavy atom. The summed E-state index contributed by atoms with van der Waals surface area (Å²) in [7, 11) is -2.28. The first-order chi connectivity index (χ1) is 11.5. The van der Waals surface area contributed by atoms with Crippen molar-refractivity contribution in [3.63, 3.8) is 0 Å². The van der Waals surface area contributed by atoms with Gasteiger partial charge in [-0.05, 0) is 30.3 Å². The van der Waals surface area contributed by atoms with Gasteiger partial charge in [0, 0.05) is 6.07 Å². The second kappa shape index (κ2) is 6.46. The quantitative estimate of drug-likeness (QED) is 0.724. The van der Waals surface area contributed by atoms with Crippen molar-refractivity contribution < 1.29 is 13.2 Å². The number of thiophene rings is 1. The molecule has 2 aromatic heterocycles. The molecule has 0 amide bonds. The third-order valence-electron chi connectivity index (χ3n) is 3.13. The lowest BCUT2D eigenvalue weighted by Gasteiger charge is -2.10. The van der Waals surface area contributed by atoms with Crippen LogP contribution in [0.3, 0.4) is 0 Å². The molecule has 7 nitrogen and oxygen atoms in total. The van der Waals surface area contributed by atoms with Crippen LogP contribution in [0, 0.1) is 0 Å². The summed E-state index contributed by atoms with van der Waals surface area (Å²) < 4.78 is 32.9. The van der Waals surface area contributed by atoms with Crippen LogP contribution < -0.4 is 15.0 Å². The molecule has 1 aromatic carbocycles. The Morgan fingerprint density at radius 3 is 2.62 bits per heavy atom. The van der Waals surface area contributed by atoms with E-state index in [9.17, 15) is 13.2 Å². The number of hydrogen-bond acceptors (Lipinski definition) is 6. The Labute approximate surface area is 142 Å². The lowest BCUT2D eigenvalue weighted by Crippen LogP contribution is -2.12. The van der Waals surface area contributed by atoms with E-state index < -0.39 is 10.0 Å². The fraction of sp³-hybridized carbons (Fsp3) is 0.0667. The SMILES string of the molecule is COc1ccccc1NS(=O)(=O)c1ccc(-c2ccc(=O)[nH]n2)s1. The van der Waals surface area contributed by atoms with Gasteiger partial charge in [0.05, 0.1) is 17.7 Å². The second-order valence-corrected chi connectivity index (χ2v) is 7.72. The number of para-hydroxylation sites is 2. The number of hydrogen-bond donors (Lipinski definition) is 2. The Bertz CT molecular complexity index is 1000. The molecule has 0 aliphatic carbocycles. The number of sulfonamides is 1. The first-order valence-electron chi connectivity index (χ1n) is 6.81. The molecule has 3 aromatic rings. The Hall–Kier alpha value is -2.65. The van der Waals surface area contributed by atoms with E-state index in [0.717, 1.165) is 11.3 Å². The van der Waals surface area contributed by atoms with Crippen LogP contribution in [0.1, 0.15) is 0 Å². The molecule has 0 unspecified atom stereocenters. The van der Waals surface area contributed by atoms with E-state index in [1.807, 2.05) is 0 Å². The summed E-state index contributed by atoms with van der Waals surface area (Å²) in [5, 5.41) is 6.21. The van der Waals surface area contributed by atoms with E-state index in [0.29, 0.717) is 22.0 Å². The molecule has 0 aliphatic heterocycles. The molecule has 0 fully saturated rings. The number of anilines is 1. The fourth-order valence-corrected chi connectivity index (χ4v) is 4.35. The molecule has 0 aliphatic rings. The zero-order chi connectivity index (χ0) is 17.2. The van der Waals surface area contributed by atoms with E-state index in [1.54, 1.807) is 30.3 Å². The van der Waals surface area contributed by atoms with Crippen LogP contribution in [0.15, 0.2) is 57.5 Å². The lowest BCUT2D eigenvalue weighted by atomic mass is 10.3. The van der Waals surface area contributed by atoms with Crippen molar-refractivity contribution in [1.29, 1.82) is 0 Å². The average Bonchev–Trinajstić information content (AvgIpc) is 3.07. The number of H-pyrrole nitrogens is 1. The number of nitrogens with one attached hydrogen (secondary N) is 2. The summed E-state index contributed by atoms with van der Waals surface area (Å²) in [4.78, 5) is 11.7. The fourth-order valence-electron chi connectivity index (χ4n) is 2.01. The van der Waals surface area contributed by atoms with Crippen LogP contribution in [0.4, 0.5) is 5.69 Å². The summed E-state index contributed by atoms with van der Waals surface area (Å²) in [5.41, 5.74) is 0.538. The molecule has 2 heterocycles. The molecular weight excluding hydrogens is 350 g/mol. The predicted molar refractivity (Wildman–Crippen MR) is 92.0 cm³/mol. The van der Waals surface area contributed by atoms with Crippen molar-refractivity contribution in [2.45, 2.75) is 4.21 Å². The van der Waals surface area contributed by atoms with Gasteiger partial charge < -0.3 is 4.74 Å². The molecule has 0 saturated heterocycles. The maximum absolute atomic E-state index is 12.5. The second-order valence-electron chi connectivity index (χ2n) is 4.73. The molecule has 2 N–H and O–H groups in total. The van der Waals surface area contributed by atoms with Crippen molar-refractivity contribution in [3.8, 4) is 16.3 Å². The molecule has 124 valence electrons. The lowest BCUT2D eigenvalue weighted by molar-refractivity contribution is 0.417. The standard InChI is InChI=1S/C15H13N3O4S2/c1-22-12-5-3-2-4-10(12)18-24(20,21)15-9-7-13(23-15)11-6-8-14(19)17-16-11/h2-9,18H,1H3,(H,17,19). The van der Waals surface area contributed by atoms with Gasteiger partial charge >= 0.3 is 0 Å². The summed E-state index contributed by atoms with van der Waals surface area (Å²) in [6, 6.07) is 12.8. The van der Waals surface area contributed by atoms with Crippen LogP contribution in [0.5, 0.6) is 5.75 Å². The summed E-state index contributed by atoms with van der Waals surface area (Å²) >= 11 is 1.06. The van der Waals surface area contributed by atoms with Crippen molar-refractivity contribution in [1.82, 2.24) is 10.2 Å². The molecule has 0 saturated carbocycles. The van der Waals surface area contributed by atoms with Crippen molar-refractivity contribution in [3.05, 3.63) is 58.9 Å². The summed E-state index contributed by atoms with van der Waals surface area (Å²) in [5.74, 6) is 0.431. The van der Waals surface area contributed by atoms with Gasteiger partial charge in [-0.2, -0.15) is 5.10 Å². The highest BCUT2D eigenvalue weighted by atomic mass is 32.2. The molecule has 0 spiro atoms. The van der Waals surface area contributed by atoms with Gasteiger partial charge in [0.2, 0.25) is 0 Å². The van der Waals surface area contributed by atoms with Gasteiger partial charge in [-0.15, -0.1) is 11.3 Å². The third-order valence-corrected chi connectivity index (χ3v) is 6.09. The Morgan fingerprint density at radius 1 is 1.12 bits per heavy atom. The molecule has 0 bridgehead atoms. The maximum Gasteiger partial charge on any atom is 0.271 e. The van der Waals surface area contributed by atoms with Gasteiger partial charge in [0.1, 0.15) is 15.7 Å². The topological polar surface area (TPSA) is 101 Å². The molecule has 9 heteroatoms. The minimum Gasteiger partial charge on any atom is -0.495 e. The van der Waals surface area contributed by atoms with Crippen LogP contribution in [-0.2, 0) is 10.0 Å². The zero-order valence-corrected chi connectivity index (χ0v) is 14.1. The van der Waals surface area contributed by atoms with Crippen molar-refractivity contribution in [2.24, 2.45) is 0 Å². The molecule has 0 atom stereocenters. The highest BCUT2D eigenvalue weighted by Gasteiger charge is 2.19. The van der Waals surface area contributed by atoms with Gasteiger partial charge in [-0.3, -0.25) is 9.52 Å². The van der Waals surface area contributed by atoms with Gasteiger partial charge in [-0.25, -0.2) is 13.5 Å². The van der Waals surface area contributed by atoms with E-state index in [-0.39, 0.29) is 9.77 Å². The predicted octanol–water partition coefficient (Wildman–Crippen LogP) is 2.31. The monoisotopic (exact) mass is 363 g/mol. The van der Waals surface area contributed by atoms with Crippen LogP contribution in [0.25, 0.3) is 10.6 Å². The number of benzene rings is 1. The van der Waals surface area contributed by atoms with E-state index in [2.05, 4.69) is 14.9 Å². The highest BCUT2D eigenvalue weighted by molar-refractivity contribution is 7.94. The number of nitrogens with zero attached hydrogens (tertiary/aromatic N) is 1. The molecule has 0 radical (unpaired) electrons. The summed E-state index contributed by atoms with van der Waals surface area (Å²) in [6.07, 6.45) is 0. The Balaban J connectivity index is 1.91. The van der Waals surface area contributed by atoms with Crippen LogP contribution >= 0.6 is 11.3 Å². The number of methoxy groups -OCH3 is 1. The van der Waals surface area contributed by atoms with Gasteiger partial charge in [-0.1, -0.05) is 12.1 Å². The maximum atomic E-state index is 12.5. The molecule has 24 heavy (non-hydrogen) atoms. The number of aromatic amines is 1. The number of rotatable bonds is 5. The smallest absolute Gasteiger partial charge is 0.271 e. The normalized spacial score (nSPS) is 11.2. The van der Waals surface area contributed by atoms with Crippen LogP contribution in [-0.4, -0.2) is 25.7 Å². The third kappa shape index (κ3) is 3.31. The van der Waals surface area contributed by atoms with E-state index in [1.165, 1.54) is 25.3 Å².